The zero-order chi connectivity index (χ0) is 37.5. The molecule has 12 rings (SSSR count). The number of aromatic nitrogens is 4. The molecule has 8 aromatic carbocycles. The Balaban J connectivity index is 1.02. The highest BCUT2D eigenvalue weighted by Gasteiger charge is 2.20. The van der Waals surface area contributed by atoms with Crippen LogP contribution in [-0.4, -0.2) is 19.5 Å². The largest absolute Gasteiger partial charge is 0.456 e. The van der Waals surface area contributed by atoms with Crippen molar-refractivity contribution in [2.45, 2.75) is 0 Å². The van der Waals surface area contributed by atoms with Crippen molar-refractivity contribution >= 4 is 75.3 Å². The van der Waals surface area contributed by atoms with Crippen molar-refractivity contribution < 1.29 is 4.42 Å². The molecule has 5 nitrogen and oxygen atoms in total. The Morgan fingerprint density at radius 1 is 0.386 bits per heavy atom. The van der Waals surface area contributed by atoms with Crippen molar-refractivity contribution in [3.8, 4) is 51.0 Å². The standard InChI is InChI=1S/C51H30N4OS/c1-3-13-31(14-4-1)49-52-50(32-15-5-2-6-16-32)54-51(53-49)39-20-11-23-43-47(39)38-27-25-33(29-44(38)56-43)35-19-12-24-46-48(35)40-30-34(26-28-45(40)57-46)55-41-21-9-7-17-36(41)37-18-8-10-22-42(37)55/h1-30H. The first-order valence-corrected chi connectivity index (χ1v) is 19.8. The molecule has 12 aromatic rings. The van der Waals surface area contributed by atoms with Gasteiger partial charge in [-0.25, -0.2) is 15.0 Å². The number of para-hydroxylation sites is 2. The van der Waals surface area contributed by atoms with Crippen LogP contribution in [0.2, 0.25) is 0 Å². The Labute approximate surface area is 330 Å². The first-order valence-electron chi connectivity index (χ1n) is 19.0. The summed E-state index contributed by atoms with van der Waals surface area (Å²) in [6, 6.07) is 63.8. The van der Waals surface area contributed by atoms with E-state index in [0.717, 1.165) is 49.9 Å². The maximum absolute atomic E-state index is 6.67. The van der Waals surface area contributed by atoms with Gasteiger partial charge in [0.1, 0.15) is 11.2 Å². The SMILES string of the molecule is c1ccc(-c2nc(-c3ccccc3)nc(-c3cccc4oc5cc(-c6cccc7sc8ccc(-n9c%10ccccc%10c%10ccccc%109)cc8c67)ccc5c34)n2)cc1. The van der Waals surface area contributed by atoms with Crippen molar-refractivity contribution in [1.29, 1.82) is 0 Å². The van der Waals surface area contributed by atoms with Gasteiger partial charge in [0.25, 0.3) is 0 Å². The number of nitrogens with zero attached hydrogens (tertiary/aromatic N) is 4. The minimum absolute atomic E-state index is 0.605. The Bertz CT molecular complexity index is 3420. The fourth-order valence-electron chi connectivity index (χ4n) is 8.50. The molecule has 0 unspecified atom stereocenters. The molecule has 0 N–H and O–H groups in total. The normalized spacial score (nSPS) is 11.9. The third kappa shape index (κ3) is 5.04. The lowest BCUT2D eigenvalue weighted by atomic mass is 9.97. The number of thiophene rings is 1. The average molecular weight is 747 g/mol. The van der Waals surface area contributed by atoms with E-state index >= 15 is 0 Å². The van der Waals surface area contributed by atoms with Gasteiger partial charge >= 0.3 is 0 Å². The summed E-state index contributed by atoms with van der Waals surface area (Å²) in [5.41, 5.74) is 10.2. The van der Waals surface area contributed by atoms with Crippen molar-refractivity contribution in [1.82, 2.24) is 19.5 Å². The van der Waals surface area contributed by atoms with Crippen LogP contribution < -0.4 is 0 Å². The van der Waals surface area contributed by atoms with Crippen molar-refractivity contribution in [3.63, 3.8) is 0 Å². The number of hydrogen-bond donors (Lipinski definition) is 0. The Hall–Kier alpha value is -7.41. The first-order chi connectivity index (χ1) is 28.2. The third-order valence-electron chi connectivity index (χ3n) is 11.1. The number of rotatable bonds is 5. The van der Waals surface area contributed by atoms with Crippen LogP contribution in [0.3, 0.4) is 0 Å². The summed E-state index contributed by atoms with van der Waals surface area (Å²) in [7, 11) is 0. The number of benzene rings is 8. The zero-order valence-corrected chi connectivity index (χ0v) is 31.2. The van der Waals surface area contributed by atoms with Crippen LogP contribution in [0, 0.1) is 0 Å². The quantitative estimate of drug-likeness (QED) is 0.176. The second-order valence-electron chi connectivity index (χ2n) is 14.4. The van der Waals surface area contributed by atoms with Crippen molar-refractivity contribution in [3.05, 3.63) is 182 Å². The van der Waals surface area contributed by atoms with Gasteiger partial charge in [0.15, 0.2) is 17.5 Å². The minimum atomic E-state index is 0.605. The molecule has 0 radical (unpaired) electrons. The zero-order valence-electron chi connectivity index (χ0n) is 30.4. The van der Waals surface area contributed by atoms with E-state index in [1.165, 1.54) is 47.5 Å². The summed E-state index contributed by atoms with van der Waals surface area (Å²) in [4.78, 5) is 15.0. The van der Waals surface area contributed by atoms with Gasteiger partial charge in [0.2, 0.25) is 0 Å². The molecular formula is C51H30N4OS. The third-order valence-corrected chi connectivity index (χ3v) is 12.2. The maximum Gasteiger partial charge on any atom is 0.164 e. The molecular weight excluding hydrogens is 717 g/mol. The highest BCUT2D eigenvalue weighted by molar-refractivity contribution is 7.26. The molecule has 0 atom stereocenters. The van der Waals surface area contributed by atoms with Crippen LogP contribution in [0.1, 0.15) is 0 Å². The fraction of sp³-hybridized carbons (Fsp3) is 0. The summed E-state index contributed by atoms with van der Waals surface area (Å²) >= 11 is 1.84. The van der Waals surface area contributed by atoms with Gasteiger partial charge in [-0.1, -0.05) is 127 Å². The summed E-state index contributed by atoms with van der Waals surface area (Å²) in [5, 5.41) is 7.02. The van der Waals surface area contributed by atoms with Gasteiger partial charge in [-0.15, -0.1) is 11.3 Å². The molecule has 6 heteroatoms. The maximum atomic E-state index is 6.67. The lowest BCUT2D eigenvalue weighted by Gasteiger charge is -2.10. The van der Waals surface area contributed by atoms with E-state index in [4.69, 9.17) is 19.4 Å². The van der Waals surface area contributed by atoms with Gasteiger partial charge in [-0.2, -0.15) is 0 Å². The lowest BCUT2D eigenvalue weighted by molar-refractivity contribution is 0.669. The summed E-state index contributed by atoms with van der Waals surface area (Å²) in [6.45, 7) is 0. The highest BCUT2D eigenvalue weighted by atomic mass is 32.1. The van der Waals surface area contributed by atoms with Crippen LogP contribution >= 0.6 is 11.3 Å². The summed E-state index contributed by atoms with van der Waals surface area (Å²) in [6.07, 6.45) is 0. The molecule has 0 aliphatic heterocycles. The molecule has 57 heavy (non-hydrogen) atoms. The fourth-order valence-corrected chi connectivity index (χ4v) is 9.62. The van der Waals surface area contributed by atoms with Crippen LogP contribution in [0.25, 0.3) is 115 Å². The molecule has 0 fully saturated rings. The van der Waals surface area contributed by atoms with Crippen LogP contribution in [0.4, 0.5) is 0 Å². The van der Waals surface area contributed by atoms with E-state index in [1.54, 1.807) is 0 Å². The first kappa shape index (κ1) is 31.9. The Kier molecular flexibility index (Phi) is 7.03. The molecule has 0 spiro atoms. The van der Waals surface area contributed by atoms with Crippen LogP contribution in [-0.2, 0) is 0 Å². The van der Waals surface area contributed by atoms with Gasteiger partial charge in [0, 0.05) is 64.1 Å². The average Bonchev–Trinajstić information content (AvgIpc) is 3.96. The number of fused-ring (bicyclic) bond motifs is 9. The van der Waals surface area contributed by atoms with Crippen LogP contribution in [0.5, 0.6) is 0 Å². The lowest BCUT2D eigenvalue weighted by Crippen LogP contribution is -2.00. The molecule has 0 saturated heterocycles. The summed E-state index contributed by atoms with van der Waals surface area (Å²) < 4.78 is 11.6. The van der Waals surface area contributed by atoms with E-state index in [2.05, 4.69) is 114 Å². The molecule has 4 aromatic heterocycles. The monoisotopic (exact) mass is 746 g/mol. The number of furan rings is 1. The van der Waals surface area contributed by atoms with Crippen molar-refractivity contribution in [2.75, 3.05) is 0 Å². The number of hydrogen-bond acceptors (Lipinski definition) is 5. The van der Waals surface area contributed by atoms with E-state index in [1.807, 2.05) is 84.1 Å². The molecule has 0 aliphatic rings. The molecule has 0 bridgehead atoms. The van der Waals surface area contributed by atoms with E-state index in [0.29, 0.717) is 17.5 Å². The van der Waals surface area contributed by atoms with Gasteiger partial charge in [0.05, 0.1) is 11.0 Å². The molecule has 4 heterocycles. The van der Waals surface area contributed by atoms with Gasteiger partial charge < -0.3 is 8.98 Å². The van der Waals surface area contributed by atoms with E-state index in [-0.39, 0.29) is 0 Å². The Morgan fingerprint density at radius 3 is 1.74 bits per heavy atom. The van der Waals surface area contributed by atoms with E-state index < -0.39 is 0 Å². The summed E-state index contributed by atoms with van der Waals surface area (Å²) in [5.74, 6) is 1.86. The highest BCUT2D eigenvalue weighted by Crippen LogP contribution is 2.44. The topological polar surface area (TPSA) is 56.7 Å². The smallest absolute Gasteiger partial charge is 0.164 e. The van der Waals surface area contributed by atoms with Gasteiger partial charge in [-0.05, 0) is 65.7 Å². The minimum Gasteiger partial charge on any atom is -0.456 e. The van der Waals surface area contributed by atoms with E-state index in [9.17, 15) is 0 Å². The van der Waals surface area contributed by atoms with Crippen molar-refractivity contribution in [2.24, 2.45) is 0 Å². The molecule has 0 saturated carbocycles. The molecule has 266 valence electrons. The van der Waals surface area contributed by atoms with Crippen LogP contribution in [0.15, 0.2) is 186 Å². The van der Waals surface area contributed by atoms with Gasteiger partial charge in [-0.3, -0.25) is 0 Å². The molecule has 0 amide bonds. The predicted octanol–water partition coefficient (Wildman–Crippen LogP) is 13.9. The second kappa shape index (κ2) is 12.6. The predicted molar refractivity (Wildman–Crippen MR) is 236 cm³/mol. The Morgan fingerprint density at radius 2 is 1.02 bits per heavy atom. The second-order valence-corrected chi connectivity index (χ2v) is 15.4. The molecule has 0 aliphatic carbocycles.